The summed E-state index contributed by atoms with van der Waals surface area (Å²) in [5, 5.41) is 8.00. The lowest BCUT2D eigenvalue weighted by molar-refractivity contribution is 0.246. The monoisotopic (exact) mass is 290 g/mol. The van der Waals surface area contributed by atoms with Gasteiger partial charge in [-0.1, -0.05) is 6.07 Å². The molecule has 0 saturated carbocycles. The number of nitrogens with zero attached hydrogens (tertiary/aromatic N) is 1. The van der Waals surface area contributed by atoms with E-state index in [1.807, 2.05) is 23.6 Å². The van der Waals surface area contributed by atoms with Crippen LogP contribution < -0.4 is 16.4 Å². The van der Waals surface area contributed by atoms with E-state index >= 15 is 0 Å². The molecule has 4 N–H and O–H groups in total. The summed E-state index contributed by atoms with van der Waals surface area (Å²) in [4.78, 5) is 16.4. The minimum Gasteiger partial charge on any atom is -0.399 e. The second-order valence-corrected chi connectivity index (χ2v) is 5.41. The lowest BCUT2D eigenvalue weighted by Gasteiger charge is -2.07. The third-order valence-electron chi connectivity index (χ3n) is 2.83. The van der Waals surface area contributed by atoms with Gasteiger partial charge >= 0.3 is 6.03 Å². The van der Waals surface area contributed by atoms with Crippen LogP contribution in [0.25, 0.3) is 6.08 Å². The summed E-state index contributed by atoms with van der Waals surface area (Å²) in [6.07, 6.45) is 7.69. The lowest BCUT2D eigenvalue weighted by atomic mass is 10.3. The number of allylic oxidation sites excluding steroid dienone is 2. The molecule has 0 aromatic carbocycles. The maximum absolute atomic E-state index is 11.5. The number of carbonyl (C=O) groups excluding carboxylic acids is 1. The SMILES string of the molecule is NC(=C\C=N\C(=O)NC1CCNC1)/C=C/c1cccs1. The van der Waals surface area contributed by atoms with Crippen LogP contribution in [0.1, 0.15) is 11.3 Å². The number of hydrogen-bond donors (Lipinski definition) is 3. The highest BCUT2D eigenvalue weighted by Gasteiger charge is 2.15. The summed E-state index contributed by atoms with van der Waals surface area (Å²) in [7, 11) is 0. The molecule has 6 heteroatoms. The Bertz CT molecular complexity index is 513. The molecule has 0 aliphatic carbocycles. The Kier molecular flexibility index (Phi) is 5.52. The number of urea groups is 1. The quantitative estimate of drug-likeness (QED) is 0.584. The van der Waals surface area contributed by atoms with Crippen molar-refractivity contribution in [1.29, 1.82) is 0 Å². The van der Waals surface area contributed by atoms with Crippen molar-refractivity contribution in [2.24, 2.45) is 10.7 Å². The predicted octanol–water partition coefficient (Wildman–Crippen LogP) is 1.75. The van der Waals surface area contributed by atoms with Crippen LogP contribution in [0.5, 0.6) is 0 Å². The first-order valence-corrected chi connectivity index (χ1v) is 7.34. The van der Waals surface area contributed by atoms with Crippen LogP contribution in [0.3, 0.4) is 0 Å². The highest BCUT2D eigenvalue weighted by molar-refractivity contribution is 7.10. The summed E-state index contributed by atoms with van der Waals surface area (Å²) < 4.78 is 0. The normalized spacial score (nSPS) is 20.0. The Morgan fingerprint density at radius 1 is 1.60 bits per heavy atom. The van der Waals surface area contributed by atoms with Crippen molar-refractivity contribution in [3.8, 4) is 0 Å². The molecule has 5 nitrogen and oxygen atoms in total. The number of amides is 2. The molecule has 20 heavy (non-hydrogen) atoms. The molecule has 1 aromatic heterocycles. The summed E-state index contributed by atoms with van der Waals surface area (Å²) in [5.74, 6) is 0. The highest BCUT2D eigenvalue weighted by Crippen LogP contribution is 2.10. The maximum atomic E-state index is 11.5. The van der Waals surface area contributed by atoms with Gasteiger partial charge in [-0.2, -0.15) is 0 Å². The summed E-state index contributed by atoms with van der Waals surface area (Å²) >= 11 is 1.64. The molecular formula is C14H18N4OS. The van der Waals surface area contributed by atoms with Gasteiger partial charge in [0.25, 0.3) is 0 Å². The molecule has 2 rings (SSSR count). The number of carbonyl (C=O) groups is 1. The molecule has 2 heterocycles. The zero-order chi connectivity index (χ0) is 14.2. The first-order valence-electron chi connectivity index (χ1n) is 6.46. The molecule has 1 aromatic rings. The molecule has 1 unspecified atom stereocenters. The Balaban J connectivity index is 1.78. The minimum absolute atomic E-state index is 0.180. The molecule has 0 spiro atoms. The second kappa shape index (κ2) is 7.62. The van der Waals surface area contributed by atoms with Gasteiger partial charge in [-0.25, -0.2) is 9.79 Å². The molecule has 1 saturated heterocycles. The molecule has 1 aliphatic rings. The zero-order valence-electron chi connectivity index (χ0n) is 11.1. The molecule has 106 valence electrons. The fourth-order valence-corrected chi connectivity index (χ4v) is 2.42. The van der Waals surface area contributed by atoms with Crippen molar-refractivity contribution in [2.75, 3.05) is 13.1 Å². The maximum Gasteiger partial charge on any atom is 0.341 e. The standard InChI is InChI=1S/C14H18N4OS/c15-11(3-4-13-2-1-9-20-13)5-8-17-14(19)18-12-6-7-16-10-12/h1-5,8-9,12,16H,6-7,10,15H2,(H,18,19)/b4-3+,11-5-,17-8+. The molecule has 1 atom stereocenters. The van der Waals surface area contributed by atoms with Crippen molar-refractivity contribution < 1.29 is 4.79 Å². The van der Waals surface area contributed by atoms with E-state index in [0.717, 1.165) is 24.4 Å². The van der Waals surface area contributed by atoms with Crippen LogP contribution in [0, 0.1) is 0 Å². The van der Waals surface area contributed by atoms with Crippen LogP contribution in [0.2, 0.25) is 0 Å². The van der Waals surface area contributed by atoms with Crippen molar-refractivity contribution in [3.05, 3.63) is 40.2 Å². The average molecular weight is 290 g/mol. The van der Waals surface area contributed by atoms with E-state index in [0.29, 0.717) is 5.70 Å². The first-order chi connectivity index (χ1) is 9.74. The largest absolute Gasteiger partial charge is 0.399 e. The molecule has 0 radical (unpaired) electrons. The van der Waals surface area contributed by atoms with Crippen LogP contribution in [-0.4, -0.2) is 31.4 Å². The zero-order valence-corrected chi connectivity index (χ0v) is 11.9. The predicted molar refractivity (Wildman–Crippen MR) is 83.9 cm³/mol. The van der Waals surface area contributed by atoms with Gasteiger partial charge in [0.2, 0.25) is 0 Å². The summed E-state index contributed by atoms with van der Waals surface area (Å²) in [6, 6.07) is 3.84. The van der Waals surface area contributed by atoms with Crippen molar-refractivity contribution in [2.45, 2.75) is 12.5 Å². The van der Waals surface area contributed by atoms with Gasteiger partial charge in [0.15, 0.2) is 0 Å². The van der Waals surface area contributed by atoms with Crippen molar-refractivity contribution >= 4 is 29.7 Å². The number of nitrogens with two attached hydrogens (primary N) is 1. The van der Waals surface area contributed by atoms with Crippen LogP contribution in [0.15, 0.2) is 40.4 Å². The van der Waals surface area contributed by atoms with E-state index in [1.54, 1.807) is 23.5 Å². The number of thiophene rings is 1. The lowest BCUT2D eigenvalue weighted by Crippen LogP contribution is -2.34. The third kappa shape index (κ3) is 4.99. The number of nitrogens with one attached hydrogen (secondary N) is 2. The van der Waals surface area contributed by atoms with E-state index in [9.17, 15) is 4.79 Å². The Morgan fingerprint density at radius 2 is 2.50 bits per heavy atom. The number of hydrogen-bond acceptors (Lipinski definition) is 4. The van der Waals surface area contributed by atoms with Crippen LogP contribution in [-0.2, 0) is 0 Å². The third-order valence-corrected chi connectivity index (χ3v) is 3.67. The summed E-state index contributed by atoms with van der Waals surface area (Å²) in [6.45, 7) is 1.75. The smallest absolute Gasteiger partial charge is 0.341 e. The minimum atomic E-state index is -0.329. The Labute approximate surface area is 122 Å². The van der Waals surface area contributed by atoms with E-state index in [4.69, 9.17) is 5.73 Å². The van der Waals surface area contributed by atoms with Crippen LogP contribution >= 0.6 is 11.3 Å². The van der Waals surface area contributed by atoms with Crippen LogP contribution in [0.4, 0.5) is 4.79 Å². The van der Waals surface area contributed by atoms with Gasteiger partial charge in [0, 0.05) is 29.4 Å². The molecular weight excluding hydrogens is 272 g/mol. The highest BCUT2D eigenvalue weighted by atomic mass is 32.1. The summed E-state index contributed by atoms with van der Waals surface area (Å²) in [5.41, 5.74) is 6.34. The fraction of sp³-hybridized carbons (Fsp3) is 0.286. The fourth-order valence-electron chi connectivity index (χ4n) is 1.80. The topological polar surface area (TPSA) is 79.5 Å². The number of rotatable bonds is 4. The second-order valence-electron chi connectivity index (χ2n) is 4.43. The Morgan fingerprint density at radius 3 is 3.20 bits per heavy atom. The van der Waals surface area contributed by atoms with Gasteiger partial charge in [0.1, 0.15) is 0 Å². The van der Waals surface area contributed by atoms with E-state index < -0.39 is 0 Å². The first kappa shape index (κ1) is 14.5. The van der Waals surface area contributed by atoms with Gasteiger partial charge in [-0.3, -0.25) is 0 Å². The van der Waals surface area contributed by atoms with Crippen molar-refractivity contribution in [3.63, 3.8) is 0 Å². The molecule has 1 aliphatic heterocycles. The van der Waals surface area contributed by atoms with Gasteiger partial charge < -0.3 is 16.4 Å². The van der Waals surface area contributed by atoms with E-state index in [1.165, 1.54) is 6.21 Å². The van der Waals surface area contributed by atoms with E-state index in [-0.39, 0.29) is 12.1 Å². The van der Waals surface area contributed by atoms with Gasteiger partial charge in [0.05, 0.1) is 0 Å². The van der Waals surface area contributed by atoms with Gasteiger partial charge in [-0.05, 0) is 42.6 Å². The molecule has 2 amide bonds. The molecule has 0 bridgehead atoms. The number of aliphatic imine (C=N–C) groups is 1. The molecule has 1 fully saturated rings. The van der Waals surface area contributed by atoms with Crippen molar-refractivity contribution in [1.82, 2.24) is 10.6 Å². The van der Waals surface area contributed by atoms with Gasteiger partial charge in [-0.15, -0.1) is 11.3 Å². The average Bonchev–Trinajstić information content (AvgIpc) is 3.09. The van der Waals surface area contributed by atoms with E-state index in [2.05, 4.69) is 15.6 Å². The Hall–Kier alpha value is -1.92.